The number of hydrogen-bond donors (Lipinski definition) is 4. The molecule has 3 amide bonds. The molecule has 182 valence electrons. The lowest BCUT2D eigenvalue weighted by Crippen LogP contribution is -2.49. The van der Waals surface area contributed by atoms with Gasteiger partial charge in [0.05, 0.1) is 35.1 Å². The Bertz CT molecular complexity index is 854. The fourth-order valence-corrected chi connectivity index (χ4v) is 5.79. The van der Waals surface area contributed by atoms with E-state index in [4.69, 9.17) is 33.7 Å². The third kappa shape index (κ3) is 8.73. The largest absolute Gasteiger partial charge is 0.374 e. The quantitative estimate of drug-likeness (QED) is 0.324. The fourth-order valence-electron chi connectivity index (χ4n) is 3.45. The van der Waals surface area contributed by atoms with Gasteiger partial charge in [0.25, 0.3) is 5.91 Å². The number of carbonyl (C=O) groups is 3. The van der Waals surface area contributed by atoms with Gasteiger partial charge in [0.15, 0.2) is 0 Å². The predicted octanol–water partition coefficient (Wildman–Crippen LogP) is 0.865. The molecule has 0 aromatic heterocycles. The second-order valence-corrected chi connectivity index (χ2v) is 10.9. The second kappa shape index (κ2) is 12.9. The van der Waals surface area contributed by atoms with Gasteiger partial charge in [0, 0.05) is 31.6 Å². The Hall–Kier alpha value is -1.37. The van der Waals surface area contributed by atoms with Crippen molar-refractivity contribution in [1.82, 2.24) is 20.9 Å². The zero-order chi connectivity index (χ0) is 23.8. The lowest BCUT2D eigenvalue weighted by molar-refractivity contribution is -0.122. The Kier molecular flexibility index (Phi) is 10.3. The summed E-state index contributed by atoms with van der Waals surface area (Å²) >= 11 is 14.9. The summed E-state index contributed by atoms with van der Waals surface area (Å²) in [5, 5.41) is 11.2. The summed E-state index contributed by atoms with van der Waals surface area (Å²) in [4.78, 5) is 37.3. The van der Waals surface area contributed by atoms with Gasteiger partial charge in [0.2, 0.25) is 11.8 Å². The molecule has 1 aliphatic carbocycles. The molecule has 3 atom stereocenters. The van der Waals surface area contributed by atoms with Crippen molar-refractivity contribution in [2.45, 2.75) is 17.2 Å². The summed E-state index contributed by atoms with van der Waals surface area (Å²) in [7, 11) is 0. The van der Waals surface area contributed by atoms with Crippen LogP contribution < -0.4 is 21.7 Å². The summed E-state index contributed by atoms with van der Waals surface area (Å²) in [5.74, 6) is -0.560. The van der Waals surface area contributed by atoms with Crippen molar-refractivity contribution >= 4 is 64.4 Å². The first-order valence-electron chi connectivity index (χ1n) is 10.4. The van der Waals surface area contributed by atoms with Crippen LogP contribution in [0.1, 0.15) is 6.42 Å². The monoisotopic (exact) mass is 535 g/mol. The molecule has 0 aromatic carbocycles. The smallest absolute Gasteiger partial charge is 0.268 e. The van der Waals surface area contributed by atoms with E-state index >= 15 is 0 Å². The van der Waals surface area contributed by atoms with Crippen molar-refractivity contribution in [2.75, 3.05) is 45.1 Å². The molecule has 3 rings (SSSR count). The lowest BCUT2D eigenvalue weighted by atomic mass is 9.99. The molecule has 33 heavy (non-hydrogen) atoms. The second-order valence-electron chi connectivity index (χ2n) is 7.72. The minimum absolute atomic E-state index is 0.0731. The van der Waals surface area contributed by atoms with E-state index in [1.165, 1.54) is 23.5 Å². The van der Waals surface area contributed by atoms with E-state index < -0.39 is 11.8 Å². The predicted molar refractivity (Wildman–Crippen MR) is 132 cm³/mol. The number of hydrogen-bond acceptors (Lipinski definition) is 8. The van der Waals surface area contributed by atoms with E-state index in [0.29, 0.717) is 34.8 Å². The summed E-state index contributed by atoms with van der Waals surface area (Å²) < 4.78 is 5.64. The number of thioether (sulfide) groups is 2. The molecule has 1 fully saturated rings. The van der Waals surface area contributed by atoms with Crippen LogP contribution in [0.2, 0.25) is 0 Å². The maximum atomic E-state index is 12.3. The Morgan fingerprint density at radius 3 is 2.88 bits per heavy atom. The lowest BCUT2D eigenvalue weighted by Gasteiger charge is -2.35. The number of nitrogens with one attached hydrogen (secondary N) is 3. The van der Waals surface area contributed by atoms with E-state index in [9.17, 15) is 14.4 Å². The topological polar surface area (TPSA) is 126 Å². The van der Waals surface area contributed by atoms with Crippen LogP contribution in [-0.4, -0.2) is 78.5 Å². The average molecular weight is 537 g/mol. The first-order chi connectivity index (χ1) is 15.8. The van der Waals surface area contributed by atoms with Crippen LogP contribution in [-0.2, 0) is 19.1 Å². The van der Waals surface area contributed by atoms with Crippen LogP contribution in [0, 0.1) is 5.92 Å². The van der Waals surface area contributed by atoms with Crippen molar-refractivity contribution in [3.63, 3.8) is 0 Å². The molecule has 3 aliphatic rings. The van der Waals surface area contributed by atoms with Gasteiger partial charge < -0.3 is 26.4 Å². The van der Waals surface area contributed by atoms with Crippen molar-refractivity contribution in [1.29, 1.82) is 0 Å². The van der Waals surface area contributed by atoms with Crippen molar-refractivity contribution in [2.24, 2.45) is 11.7 Å². The number of ether oxygens (including phenoxy) is 1. The first-order valence-corrected chi connectivity index (χ1v) is 13.2. The molecule has 0 bridgehead atoms. The summed E-state index contributed by atoms with van der Waals surface area (Å²) in [6.45, 7) is 3.28. The molecule has 2 unspecified atom stereocenters. The van der Waals surface area contributed by atoms with Crippen molar-refractivity contribution < 1.29 is 19.1 Å². The molecule has 1 saturated heterocycles. The van der Waals surface area contributed by atoms with Gasteiger partial charge in [0.1, 0.15) is 10.4 Å². The average Bonchev–Trinajstić information content (AvgIpc) is 3.26. The van der Waals surface area contributed by atoms with Gasteiger partial charge in [-0.25, -0.2) is 0 Å². The number of carbonyl (C=O) groups excluding carboxylic acids is 3. The molecule has 9 nitrogen and oxygen atoms in total. The Morgan fingerprint density at radius 1 is 1.30 bits per heavy atom. The van der Waals surface area contributed by atoms with E-state index in [0.717, 1.165) is 26.1 Å². The minimum atomic E-state index is -0.612. The normalized spacial score (nSPS) is 25.4. The summed E-state index contributed by atoms with van der Waals surface area (Å²) in [5.41, 5.74) is 5.37. The number of amides is 3. The maximum absolute atomic E-state index is 12.3. The molecular formula is C20H27Cl2N5O4S2. The van der Waals surface area contributed by atoms with Gasteiger partial charge in [-0.05, 0) is 12.3 Å². The molecule has 0 spiro atoms. The van der Waals surface area contributed by atoms with Crippen LogP contribution >= 0.6 is 46.7 Å². The molecule has 0 radical (unpaired) electrons. The summed E-state index contributed by atoms with van der Waals surface area (Å²) in [6, 6.07) is 0. The van der Waals surface area contributed by atoms with Gasteiger partial charge in [-0.3, -0.25) is 19.3 Å². The number of morpholine rings is 1. The van der Waals surface area contributed by atoms with Crippen LogP contribution in [0.15, 0.2) is 33.3 Å². The SMILES string of the molecule is NC(=O)CNC(=O)C1=CSC(SCC(=O)NC[C@H]2CN(CC3C=C(Cl)C(Cl)=CC3)CCO2)N1. The Balaban J connectivity index is 1.31. The van der Waals surface area contributed by atoms with E-state index in [-0.39, 0.29) is 29.0 Å². The highest BCUT2D eigenvalue weighted by molar-refractivity contribution is 8.18. The number of nitrogens with zero attached hydrogens (tertiary/aromatic N) is 1. The molecule has 2 aliphatic heterocycles. The zero-order valence-corrected chi connectivity index (χ0v) is 21.0. The summed E-state index contributed by atoms with van der Waals surface area (Å²) in [6.07, 6.45) is 4.75. The molecule has 0 aromatic rings. The van der Waals surface area contributed by atoms with E-state index in [1.54, 1.807) is 5.41 Å². The van der Waals surface area contributed by atoms with Crippen LogP contribution in [0.4, 0.5) is 0 Å². The number of allylic oxidation sites excluding steroid dienone is 3. The number of rotatable bonds is 10. The first kappa shape index (κ1) is 26.2. The molecule has 5 N–H and O–H groups in total. The highest BCUT2D eigenvalue weighted by atomic mass is 35.5. The van der Waals surface area contributed by atoms with E-state index in [2.05, 4.69) is 20.9 Å². The third-order valence-corrected chi connectivity index (χ3v) is 8.18. The molecule has 13 heteroatoms. The van der Waals surface area contributed by atoms with Gasteiger partial charge in [-0.15, -0.1) is 11.8 Å². The standard InChI is InChI=1S/C20H27Cl2N5O4S2/c21-14-2-1-12(5-15(14)22)8-27-3-4-31-13(9-27)6-24-18(29)11-33-20-26-16(10-32-20)19(30)25-7-17(23)28/h2,5,10,12-13,20,26H,1,3-4,6-9,11H2,(H2,23,28)(H,24,29)(H,25,30)/t12?,13-,20?/m0/s1. The number of halogens is 2. The van der Waals surface area contributed by atoms with Crippen LogP contribution in [0.25, 0.3) is 0 Å². The molecular weight excluding hydrogens is 509 g/mol. The minimum Gasteiger partial charge on any atom is -0.374 e. The number of primary amides is 1. The highest BCUT2D eigenvalue weighted by Gasteiger charge is 2.25. The van der Waals surface area contributed by atoms with Gasteiger partial charge in [-0.2, -0.15) is 0 Å². The molecule has 0 saturated carbocycles. The van der Waals surface area contributed by atoms with Crippen molar-refractivity contribution in [3.05, 3.63) is 33.3 Å². The Labute approximate surface area is 211 Å². The van der Waals surface area contributed by atoms with Gasteiger partial charge in [-0.1, -0.05) is 47.1 Å². The number of nitrogens with two attached hydrogens (primary N) is 1. The maximum Gasteiger partial charge on any atom is 0.268 e. The Morgan fingerprint density at radius 2 is 2.12 bits per heavy atom. The molecule has 2 heterocycles. The van der Waals surface area contributed by atoms with E-state index in [1.807, 2.05) is 12.2 Å². The van der Waals surface area contributed by atoms with Crippen molar-refractivity contribution in [3.8, 4) is 0 Å². The highest BCUT2D eigenvalue weighted by Crippen LogP contribution is 2.30. The zero-order valence-electron chi connectivity index (χ0n) is 17.9. The fraction of sp³-hybridized carbons (Fsp3) is 0.550. The van der Waals surface area contributed by atoms with Gasteiger partial charge >= 0.3 is 0 Å². The van der Waals surface area contributed by atoms with Crippen LogP contribution in [0.5, 0.6) is 0 Å². The third-order valence-electron chi connectivity index (χ3n) is 5.07. The van der Waals surface area contributed by atoms with Crippen LogP contribution in [0.3, 0.4) is 0 Å².